The lowest BCUT2D eigenvalue weighted by atomic mass is 10.0. The molecule has 4 heteroatoms. The van der Waals surface area contributed by atoms with Gasteiger partial charge in [-0.05, 0) is 64.2 Å². The van der Waals surface area contributed by atoms with E-state index in [0.717, 1.165) is 33.4 Å². The Morgan fingerprint density at radius 2 is 1.00 bits per heavy atom. The molecule has 0 aromatic heterocycles. The molecule has 0 N–H and O–H groups in total. The molecule has 0 bridgehead atoms. The number of ether oxygens (including phenoxy) is 2. The van der Waals surface area contributed by atoms with Crippen LogP contribution in [0.3, 0.4) is 0 Å². The predicted molar refractivity (Wildman–Crippen MR) is 162 cm³/mol. The van der Waals surface area contributed by atoms with E-state index < -0.39 is 7.14 Å². The largest absolute Gasteiger partial charge is 0.456 e. The molecular weight excluding hydrogens is 511 g/mol. The smallest absolute Gasteiger partial charge is 0.185 e. The van der Waals surface area contributed by atoms with Crippen molar-refractivity contribution in [3.63, 3.8) is 0 Å². The molecule has 0 radical (unpaired) electrons. The molecule has 8 rings (SSSR count). The van der Waals surface area contributed by atoms with Gasteiger partial charge in [0.2, 0.25) is 0 Å². The molecule has 0 fully saturated rings. The summed E-state index contributed by atoms with van der Waals surface area (Å²) in [5.41, 5.74) is 6.04. The van der Waals surface area contributed by atoms with Gasteiger partial charge in [-0.15, -0.1) is 0 Å². The number of rotatable bonds is 3. The van der Waals surface area contributed by atoms with Gasteiger partial charge in [0.25, 0.3) is 0 Å². The van der Waals surface area contributed by atoms with Crippen LogP contribution in [0.5, 0.6) is 23.0 Å². The maximum absolute atomic E-state index is 15.8. The van der Waals surface area contributed by atoms with Crippen molar-refractivity contribution in [3.8, 4) is 56.4 Å². The van der Waals surface area contributed by atoms with Crippen LogP contribution in [-0.2, 0) is 4.57 Å². The quantitative estimate of drug-likeness (QED) is 0.213. The number of benzene rings is 6. The summed E-state index contributed by atoms with van der Waals surface area (Å²) in [7, 11) is -3.37. The van der Waals surface area contributed by atoms with Crippen LogP contribution in [-0.4, -0.2) is 0 Å². The van der Waals surface area contributed by atoms with E-state index in [-0.39, 0.29) is 0 Å². The van der Waals surface area contributed by atoms with Gasteiger partial charge in [0, 0.05) is 5.56 Å². The molecule has 0 spiro atoms. The third-order valence-corrected chi connectivity index (χ3v) is 10.9. The molecule has 2 aliphatic rings. The SMILES string of the molecule is O=[P@]12c3cc(-c4ccccc4)ccc3Oc3ccc(-c4ccccc4)c(c31)Oc1cc(-c3ccccc3)ccc12. The first-order valence-corrected chi connectivity index (χ1v) is 15.0. The summed E-state index contributed by atoms with van der Waals surface area (Å²) in [6, 6.07) is 46.4. The Morgan fingerprint density at radius 1 is 0.425 bits per heavy atom. The third-order valence-electron chi connectivity index (χ3n) is 7.74. The molecule has 0 unspecified atom stereocenters. The van der Waals surface area contributed by atoms with Crippen molar-refractivity contribution in [3.05, 3.63) is 140 Å². The topological polar surface area (TPSA) is 35.5 Å². The van der Waals surface area contributed by atoms with Crippen LogP contribution in [0.15, 0.2) is 140 Å². The van der Waals surface area contributed by atoms with Gasteiger partial charge in [0.15, 0.2) is 7.14 Å². The number of fused-ring (bicyclic) bond motifs is 4. The predicted octanol–water partition coefficient (Wildman–Crippen LogP) is 8.54. The fraction of sp³-hybridized carbons (Fsp3) is 0. The standard InChI is InChI=1S/C36H23O3P/c37-40-33-21-17-27(24-10-4-1-5-11-24)22-32(33)39-35-29(26-14-8-3-9-15-26)18-20-31(36(35)40)38-30-19-16-28(23-34(30)40)25-12-6-2-7-13-25/h1-23H/t40-/m1/s1. The van der Waals surface area contributed by atoms with Crippen LogP contribution in [0.1, 0.15) is 0 Å². The van der Waals surface area contributed by atoms with E-state index in [2.05, 4.69) is 24.3 Å². The van der Waals surface area contributed by atoms with Crippen LogP contribution < -0.4 is 25.4 Å². The Morgan fingerprint density at radius 3 is 1.68 bits per heavy atom. The van der Waals surface area contributed by atoms with Gasteiger partial charge in [0.05, 0.1) is 10.6 Å². The average molecular weight is 535 g/mol. The molecule has 0 saturated carbocycles. The molecule has 0 aliphatic carbocycles. The monoisotopic (exact) mass is 534 g/mol. The maximum Gasteiger partial charge on any atom is 0.185 e. The van der Waals surface area contributed by atoms with Crippen LogP contribution in [0.4, 0.5) is 0 Å². The molecule has 3 nitrogen and oxygen atoms in total. The zero-order valence-electron chi connectivity index (χ0n) is 21.5. The molecule has 1 atom stereocenters. The Hall–Kier alpha value is -4.85. The Bertz CT molecular complexity index is 1970. The molecule has 0 amide bonds. The Kier molecular flexibility index (Phi) is 5.10. The molecule has 190 valence electrons. The summed E-state index contributed by atoms with van der Waals surface area (Å²) in [5, 5.41) is 2.03. The van der Waals surface area contributed by atoms with Crippen molar-refractivity contribution in [1.82, 2.24) is 0 Å². The van der Waals surface area contributed by atoms with Crippen LogP contribution >= 0.6 is 7.14 Å². The molecule has 40 heavy (non-hydrogen) atoms. The molecular formula is C36H23O3P. The molecule has 2 aliphatic heterocycles. The van der Waals surface area contributed by atoms with E-state index in [1.165, 1.54) is 0 Å². The van der Waals surface area contributed by atoms with E-state index >= 15 is 4.57 Å². The molecule has 6 aromatic rings. The second-order valence-electron chi connectivity index (χ2n) is 10.1. The lowest BCUT2D eigenvalue weighted by molar-refractivity contribution is 0.463. The van der Waals surface area contributed by atoms with Crippen molar-refractivity contribution >= 4 is 23.1 Å². The zero-order valence-corrected chi connectivity index (χ0v) is 22.3. The van der Waals surface area contributed by atoms with Crippen molar-refractivity contribution in [1.29, 1.82) is 0 Å². The van der Waals surface area contributed by atoms with Crippen LogP contribution in [0.25, 0.3) is 33.4 Å². The van der Waals surface area contributed by atoms with Gasteiger partial charge in [-0.25, -0.2) is 0 Å². The Labute approximate surface area is 232 Å². The minimum Gasteiger partial charge on any atom is -0.456 e. The van der Waals surface area contributed by atoms with Crippen LogP contribution in [0.2, 0.25) is 0 Å². The second kappa shape index (κ2) is 8.84. The minimum absolute atomic E-state index is 0.579. The minimum atomic E-state index is -3.37. The summed E-state index contributed by atoms with van der Waals surface area (Å²) in [4.78, 5) is 0. The van der Waals surface area contributed by atoms with E-state index in [1.54, 1.807) is 0 Å². The highest BCUT2D eigenvalue weighted by Gasteiger charge is 2.47. The lowest BCUT2D eigenvalue weighted by Crippen LogP contribution is -2.35. The normalized spacial score (nSPS) is 16.1. The van der Waals surface area contributed by atoms with Crippen molar-refractivity contribution < 1.29 is 14.0 Å². The van der Waals surface area contributed by atoms with Gasteiger partial charge in [-0.1, -0.05) is 103 Å². The highest BCUT2D eigenvalue weighted by molar-refractivity contribution is 7.86. The fourth-order valence-electron chi connectivity index (χ4n) is 5.81. The van der Waals surface area contributed by atoms with Gasteiger partial charge in [-0.3, -0.25) is 0 Å². The summed E-state index contributed by atoms with van der Waals surface area (Å²) in [6.45, 7) is 0. The van der Waals surface area contributed by atoms with Crippen molar-refractivity contribution in [2.45, 2.75) is 0 Å². The first-order chi connectivity index (χ1) is 19.7. The third kappa shape index (κ3) is 3.42. The van der Waals surface area contributed by atoms with Crippen LogP contribution in [0, 0.1) is 0 Å². The average Bonchev–Trinajstić information content (AvgIpc) is 3.02. The zero-order chi connectivity index (χ0) is 26.7. The number of hydrogen-bond donors (Lipinski definition) is 0. The van der Waals surface area contributed by atoms with E-state index in [9.17, 15) is 0 Å². The fourth-order valence-corrected chi connectivity index (χ4v) is 8.89. The first-order valence-electron chi connectivity index (χ1n) is 13.3. The molecule has 0 saturated heterocycles. The molecule has 6 aromatic carbocycles. The first kappa shape index (κ1) is 23.1. The van der Waals surface area contributed by atoms with Gasteiger partial charge >= 0.3 is 0 Å². The summed E-state index contributed by atoms with van der Waals surface area (Å²) < 4.78 is 28.9. The lowest BCUT2D eigenvalue weighted by Gasteiger charge is -2.36. The summed E-state index contributed by atoms with van der Waals surface area (Å²) >= 11 is 0. The highest BCUT2D eigenvalue weighted by atomic mass is 31.2. The number of hydrogen-bond acceptors (Lipinski definition) is 3. The van der Waals surface area contributed by atoms with Gasteiger partial charge in [0.1, 0.15) is 28.3 Å². The van der Waals surface area contributed by atoms with Gasteiger partial charge < -0.3 is 14.0 Å². The van der Waals surface area contributed by atoms with Gasteiger partial charge in [-0.2, -0.15) is 0 Å². The second-order valence-corrected chi connectivity index (χ2v) is 12.7. The Balaban J connectivity index is 1.42. The highest BCUT2D eigenvalue weighted by Crippen LogP contribution is 2.60. The van der Waals surface area contributed by atoms with E-state index in [0.29, 0.717) is 38.9 Å². The van der Waals surface area contributed by atoms with Crippen molar-refractivity contribution in [2.75, 3.05) is 0 Å². The molecule has 2 heterocycles. The summed E-state index contributed by atoms with van der Waals surface area (Å²) in [5.74, 6) is 2.41. The van der Waals surface area contributed by atoms with Crippen molar-refractivity contribution in [2.24, 2.45) is 0 Å². The van der Waals surface area contributed by atoms with E-state index in [1.807, 2.05) is 115 Å². The maximum atomic E-state index is 15.8. The van der Waals surface area contributed by atoms with E-state index in [4.69, 9.17) is 9.47 Å². The summed E-state index contributed by atoms with van der Waals surface area (Å²) in [6.07, 6.45) is 0.